The van der Waals surface area contributed by atoms with Crippen molar-refractivity contribution in [1.82, 2.24) is 4.90 Å². The van der Waals surface area contributed by atoms with E-state index >= 15 is 0 Å². The van der Waals surface area contributed by atoms with Crippen molar-refractivity contribution in [2.75, 3.05) is 19.6 Å². The molecular formula is C15H21F2NO. The molecule has 4 heteroatoms. The first kappa shape index (κ1) is 14.4. The summed E-state index contributed by atoms with van der Waals surface area (Å²) in [5, 5.41) is 10.1. The number of β-amino-alcohol motifs (C(OH)–C–C–N with tert-alkyl or cyclic N) is 1. The summed E-state index contributed by atoms with van der Waals surface area (Å²) in [4.78, 5) is 2.13. The van der Waals surface area contributed by atoms with E-state index < -0.39 is 17.7 Å². The van der Waals surface area contributed by atoms with E-state index in [0.29, 0.717) is 18.4 Å². The Morgan fingerprint density at radius 3 is 2.53 bits per heavy atom. The van der Waals surface area contributed by atoms with Gasteiger partial charge in [-0.3, -0.25) is 4.90 Å². The first-order valence-electron chi connectivity index (χ1n) is 6.81. The van der Waals surface area contributed by atoms with Crippen LogP contribution in [0, 0.1) is 23.5 Å². The average Bonchev–Trinajstić information content (AvgIpc) is 2.31. The minimum absolute atomic E-state index is 0.0471. The van der Waals surface area contributed by atoms with E-state index in [4.69, 9.17) is 0 Å². The monoisotopic (exact) mass is 269 g/mol. The first-order valence-corrected chi connectivity index (χ1v) is 6.81. The summed E-state index contributed by atoms with van der Waals surface area (Å²) in [6, 6.07) is 3.94. The van der Waals surface area contributed by atoms with Gasteiger partial charge >= 0.3 is 0 Å². The molecule has 19 heavy (non-hydrogen) atoms. The Balaban J connectivity index is 2.04. The molecule has 1 saturated heterocycles. The third-order valence-electron chi connectivity index (χ3n) is 3.72. The molecule has 2 rings (SSSR count). The SMILES string of the molecule is CC1CC(C)CN(CC(O)c2cccc(F)c2F)C1. The van der Waals surface area contributed by atoms with Gasteiger partial charge in [-0.15, -0.1) is 0 Å². The lowest BCUT2D eigenvalue weighted by molar-refractivity contribution is 0.0678. The van der Waals surface area contributed by atoms with Crippen LogP contribution in [0.2, 0.25) is 0 Å². The van der Waals surface area contributed by atoms with E-state index in [0.717, 1.165) is 19.2 Å². The maximum absolute atomic E-state index is 13.6. The van der Waals surface area contributed by atoms with Crippen molar-refractivity contribution in [3.8, 4) is 0 Å². The highest BCUT2D eigenvalue weighted by Crippen LogP contribution is 2.25. The lowest BCUT2D eigenvalue weighted by Crippen LogP contribution is -2.41. The predicted molar refractivity (Wildman–Crippen MR) is 70.7 cm³/mol. The molecule has 0 amide bonds. The van der Waals surface area contributed by atoms with E-state index in [1.165, 1.54) is 18.6 Å². The van der Waals surface area contributed by atoms with Crippen LogP contribution in [0.5, 0.6) is 0 Å². The molecule has 0 saturated carbocycles. The zero-order chi connectivity index (χ0) is 14.0. The Morgan fingerprint density at radius 1 is 1.26 bits per heavy atom. The molecule has 0 aromatic heterocycles. The maximum Gasteiger partial charge on any atom is 0.164 e. The van der Waals surface area contributed by atoms with Crippen LogP contribution in [0.25, 0.3) is 0 Å². The van der Waals surface area contributed by atoms with Gasteiger partial charge < -0.3 is 5.11 Å². The van der Waals surface area contributed by atoms with Crippen LogP contribution in [-0.2, 0) is 0 Å². The molecule has 1 fully saturated rings. The molecule has 3 unspecified atom stereocenters. The molecule has 2 nitrogen and oxygen atoms in total. The van der Waals surface area contributed by atoms with Crippen molar-refractivity contribution in [3.63, 3.8) is 0 Å². The van der Waals surface area contributed by atoms with E-state index in [-0.39, 0.29) is 5.56 Å². The van der Waals surface area contributed by atoms with Crippen molar-refractivity contribution >= 4 is 0 Å². The van der Waals surface area contributed by atoms with Gasteiger partial charge in [0, 0.05) is 25.2 Å². The van der Waals surface area contributed by atoms with Crippen LogP contribution in [0.4, 0.5) is 8.78 Å². The van der Waals surface area contributed by atoms with E-state index in [1.54, 1.807) is 0 Å². The number of aliphatic hydroxyl groups excluding tert-OH is 1. The largest absolute Gasteiger partial charge is 0.387 e. The van der Waals surface area contributed by atoms with Crippen LogP contribution in [0.15, 0.2) is 18.2 Å². The number of hydrogen-bond donors (Lipinski definition) is 1. The van der Waals surface area contributed by atoms with Crippen LogP contribution >= 0.6 is 0 Å². The fourth-order valence-corrected chi connectivity index (χ4v) is 3.06. The average molecular weight is 269 g/mol. The predicted octanol–water partition coefficient (Wildman–Crippen LogP) is 2.98. The summed E-state index contributed by atoms with van der Waals surface area (Å²) in [5.74, 6) is -0.688. The number of rotatable bonds is 3. The second-order valence-corrected chi connectivity index (χ2v) is 5.82. The van der Waals surface area contributed by atoms with Crippen LogP contribution < -0.4 is 0 Å². The van der Waals surface area contributed by atoms with Gasteiger partial charge in [-0.1, -0.05) is 26.0 Å². The minimum atomic E-state index is -0.979. The molecule has 1 aliphatic heterocycles. The Kier molecular flexibility index (Phi) is 4.53. The molecular weight excluding hydrogens is 248 g/mol. The molecule has 0 radical (unpaired) electrons. The zero-order valence-electron chi connectivity index (χ0n) is 11.4. The van der Waals surface area contributed by atoms with Crippen molar-refractivity contribution in [2.24, 2.45) is 11.8 Å². The lowest BCUT2D eigenvalue weighted by atomic mass is 9.91. The summed E-state index contributed by atoms with van der Waals surface area (Å²) >= 11 is 0. The highest BCUT2D eigenvalue weighted by Gasteiger charge is 2.25. The standard InChI is InChI=1S/C15H21F2NO/c1-10-6-11(2)8-18(7-10)9-14(19)12-4-3-5-13(16)15(12)17/h3-5,10-11,14,19H,6-9H2,1-2H3. The number of likely N-dealkylation sites (tertiary alicyclic amines) is 1. The van der Waals surface area contributed by atoms with Gasteiger partial charge in [0.15, 0.2) is 11.6 Å². The van der Waals surface area contributed by atoms with Gasteiger partial charge in [0.2, 0.25) is 0 Å². The number of aliphatic hydroxyl groups is 1. The smallest absolute Gasteiger partial charge is 0.164 e. The number of nitrogens with zero attached hydrogens (tertiary/aromatic N) is 1. The number of benzene rings is 1. The van der Waals surface area contributed by atoms with E-state index in [9.17, 15) is 13.9 Å². The van der Waals surface area contributed by atoms with E-state index in [2.05, 4.69) is 18.7 Å². The quantitative estimate of drug-likeness (QED) is 0.912. The van der Waals surface area contributed by atoms with Gasteiger partial charge in [-0.05, 0) is 24.3 Å². The van der Waals surface area contributed by atoms with Gasteiger partial charge in [-0.25, -0.2) is 8.78 Å². The van der Waals surface area contributed by atoms with Gasteiger partial charge in [-0.2, -0.15) is 0 Å². The normalized spacial score (nSPS) is 26.4. The van der Waals surface area contributed by atoms with Crippen LogP contribution in [0.1, 0.15) is 31.9 Å². The highest BCUT2D eigenvalue weighted by molar-refractivity contribution is 5.21. The molecule has 1 heterocycles. The third kappa shape index (κ3) is 3.51. The number of hydrogen-bond acceptors (Lipinski definition) is 2. The van der Waals surface area contributed by atoms with Crippen molar-refractivity contribution in [1.29, 1.82) is 0 Å². The summed E-state index contributed by atoms with van der Waals surface area (Å²) < 4.78 is 26.7. The second kappa shape index (κ2) is 5.97. The summed E-state index contributed by atoms with van der Waals surface area (Å²) in [5.41, 5.74) is 0.0471. The molecule has 1 aromatic carbocycles. The third-order valence-corrected chi connectivity index (χ3v) is 3.72. The van der Waals surface area contributed by atoms with Crippen molar-refractivity contribution < 1.29 is 13.9 Å². The molecule has 1 N–H and O–H groups in total. The second-order valence-electron chi connectivity index (χ2n) is 5.82. The summed E-state index contributed by atoms with van der Waals surface area (Å²) in [6.45, 7) is 6.52. The number of halogens is 2. The Morgan fingerprint density at radius 2 is 1.89 bits per heavy atom. The molecule has 1 aliphatic rings. The molecule has 106 valence electrons. The van der Waals surface area contributed by atoms with Gasteiger partial charge in [0.1, 0.15) is 0 Å². The summed E-state index contributed by atoms with van der Waals surface area (Å²) in [6.07, 6.45) is 0.203. The van der Waals surface area contributed by atoms with Crippen LogP contribution in [0.3, 0.4) is 0 Å². The Labute approximate surface area is 113 Å². The molecule has 1 aromatic rings. The molecule has 0 bridgehead atoms. The minimum Gasteiger partial charge on any atom is -0.387 e. The molecule has 0 spiro atoms. The Hall–Kier alpha value is -1.00. The fraction of sp³-hybridized carbons (Fsp3) is 0.600. The topological polar surface area (TPSA) is 23.5 Å². The van der Waals surface area contributed by atoms with Crippen molar-refractivity contribution in [3.05, 3.63) is 35.4 Å². The van der Waals surface area contributed by atoms with Crippen molar-refractivity contribution in [2.45, 2.75) is 26.4 Å². The number of piperidine rings is 1. The zero-order valence-corrected chi connectivity index (χ0v) is 11.4. The fourth-order valence-electron chi connectivity index (χ4n) is 3.06. The first-order chi connectivity index (χ1) is 8.97. The summed E-state index contributed by atoms with van der Waals surface area (Å²) in [7, 11) is 0. The molecule has 0 aliphatic carbocycles. The van der Waals surface area contributed by atoms with E-state index in [1.807, 2.05) is 0 Å². The highest BCUT2D eigenvalue weighted by atomic mass is 19.2. The molecule has 3 atom stereocenters. The van der Waals surface area contributed by atoms with Crippen LogP contribution in [-0.4, -0.2) is 29.6 Å². The lowest BCUT2D eigenvalue weighted by Gasteiger charge is -2.36. The van der Waals surface area contributed by atoms with Gasteiger partial charge in [0.25, 0.3) is 0 Å². The van der Waals surface area contributed by atoms with Gasteiger partial charge in [0.05, 0.1) is 6.10 Å². The maximum atomic E-state index is 13.6. The Bertz CT molecular complexity index is 428.